The lowest BCUT2D eigenvalue weighted by molar-refractivity contribution is -0.384. The summed E-state index contributed by atoms with van der Waals surface area (Å²) in [5.41, 5.74) is 0.388. The van der Waals surface area contributed by atoms with Gasteiger partial charge in [0, 0.05) is 31.3 Å². The molecule has 1 aliphatic heterocycles. The molecule has 2 unspecified atom stereocenters. The first-order valence-corrected chi connectivity index (χ1v) is 9.24. The third-order valence-corrected chi connectivity index (χ3v) is 5.26. The summed E-state index contributed by atoms with van der Waals surface area (Å²) in [4.78, 5) is 25.2. The molecule has 1 aromatic rings. The van der Waals surface area contributed by atoms with E-state index in [1.807, 2.05) is 4.90 Å². The Balaban J connectivity index is 1.81. The molecule has 10 heteroatoms. The molecule has 2 atom stereocenters. The van der Waals surface area contributed by atoms with Gasteiger partial charge in [-0.3, -0.25) is 14.9 Å². The topological polar surface area (TPSA) is 84.7 Å². The van der Waals surface area contributed by atoms with Gasteiger partial charge in [-0.25, -0.2) is 0 Å². The van der Waals surface area contributed by atoms with Crippen molar-refractivity contribution in [1.82, 2.24) is 5.32 Å². The van der Waals surface area contributed by atoms with Gasteiger partial charge in [-0.05, 0) is 25.3 Å². The Labute approximate surface area is 160 Å². The number of nitrogens with one attached hydrogen (secondary N) is 1. The summed E-state index contributed by atoms with van der Waals surface area (Å²) in [6.07, 6.45) is -3.56. The van der Waals surface area contributed by atoms with Crippen LogP contribution in [0.25, 0.3) is 0 Å². The summed E-state index contributed by atoms with van der Waals surface area (Å²) >= 11 is 0. The number of non-ortho nitro benzene ring substituents is 1. The number of morpholine rings is 1. The van der Waals surface area contributed by atoms with Crippen LogP contribution in [0.5, 0.6) is 0 Å². The number of anilines is 1. The third-order valence-electron chi connectivity index (χ3n) is 5.26. The molecular formula is C18H22F3N3O4. The summed E-state index contributed by atoms with van der Waals surface area (Å²) < 4.78 is 44.3. The fourth-order valence-electron chi connectivity index (χ4n) is 3.78. The second-order valence-electron chi connectivity index (χ2n) is 7.13. The molecule has 7 nitrogen and oxygen atoms in total. The molecule has 1 aliphatic carbocycles. The molecule has 1 N–H and O–H groups in total. The summed E-state index contributed by atoms with van der Waals surface area (Å²) in [6, 6.07) is 3.41. The Kier molecular flexibility index (Phi) is 6.07. The standard InChI is InChI=1S/C18H22F3N3O4/c19-18(20,21)12-2-1-3-13(10-12)22-17(25)15-11-14(24(26)27)4-5-16(15)23-6-8-28-9-7-23/h4-5,11-13H,1-3,6-10H2,(H,22,25). The smallest absolute Gasteiger partial charge is 0.378 e. The molecule has 3 rings (SSSR count). The SMILES string of the molecule is O=C(NC1CCCC(C(F)(F)F)C1)c1cc([N+](=O)[O-])ccc1N1CCOCC1. The highest BCUT2D eigenvalue weighted by Gasteiger charge is 2.42. The number of nitrogens with zero attached hydrogens (tertiary/aromatic N) is 2. The van der Waals surface area contributed by atoms with Crippen molar-refractivity contribution in [3.05, 3.63) is 33.9 Å². The van der Waals surface area contributed by atoms with E-state index < -0.39 is 29.0 Å². The minimum absolute atomic E-state index is 0.0612. The Bertz CT molecular complexity index is 735. The van der Waals surface area contributed by atoms with E-state index in [0.29, 0.717) is 44.8 Å². The number of nitro groups is 1. The lowest BCUT2D eigenvalue weighted by Gasteiger charge is -2.32. The van der Waals surface area contributed by atoms with E-state index in [-0.39, 0.29) is 24.1 Å². The molecule has 1 saturated carbocycles. The number of rotatable bonds is 4. The van der Waals surface area contributed by atoms with E-state index in [1.165, 1.54) is 18.2 Å². The minimum Gasteiger partial charge on any atom is -0.378 e. The number of ether oxygens (including phenoxy) is 1. The number of carbonyl (C=O) groups excluding carboxylic acids is 1. The lowest BCUT2D eigenvalue weighted by atomic mass is 9.85. The van der Waals surface area contributed by atoms with Crippen LogP contribution in [0.3, 0.4) is 0 Å². The van der Waals surface area contributed by atoms with E-state index >= 15 is 0 Å². The fourth-order valence-corrected chi connectivity index (χ4v) is 3.78. The molecule has 28 heavy (non-hydrogen) atoms. The van der Waals surface area contributed by atoms with Gasteiger partial charge in [0.25, 0.3) is 11.6 Å². The normalized spacial score (nSPS) is 23.3. The van der Waals surface area contributed by atoms with Gasteiger partial charge in [-0.15, -0.1) is 0 Å². The van der Waals surface area contributed by atoms with Crippen LogP contribution in [0.4, 0.5) is 24.5 Å². The molecule has 1 heterocycles. The second kappa shape index (κ2) is 8.34. The van der Waals surface area contributed by atoms with Crippen LogP contribution in [0.1, 0.15) is 36.0 Å². The maximum atomic E-state index is 13.0. The molecule has 0 bridgehead atoms. The Morgan fingerprint density at radius 2 is 1.96 bits per heavy atom. The van der Waals surface area contributed by atoms with Crippen molar-refractivity contribution < 1.29 is 27.6 Å². The predicted octanol–water partition coefficient (Wildman–Crippen LogP) is 3.28. The van der Waals surface area contributed by atoms with Crippen LogP contribution in [0.2, 0.25) is 0 Å². The predicted molar refractivity (Wildman–Crippen MR) is 95.4 cm³/mol. The molecular weight excluding hydrogens is 379 g/mol. The fraction of sp³-hybridized carbons (Fsp3) is 0.611. The van der Waals surface area contributed by atoms with Gasteiger partial charge in [0.05, 0.1) is 35.3 Å². The molecule has 0 aromatic heterocycles. The highest BCUT2D eigenvalue weighted by Crippen LogP contribution is 2.37. The molecule has 0 spiro atoms. The largest absolute Gasteiger partial charge is 0.391 e. The van der Waals surface area contributed by atoms with Crippen LogP contribution in [0, 0.1) is 16.0 Å². The van der Waals surface area contributed by atoms with Crippen molar-refractivity contribution in [2.24, 2.45) is 5.92 Å². The molecule has 2 aliphatic rings. The zero-order valence-corrected chi connectivity index (χ0v) is 15.2. The van der Waals surface area contributed by atoms with Crippen LogP contribution < -0.4 is 10.2 Å². The molecule has 1 aromatic carbocycles. The average Bonchev–Trinajstić information content (AvgIpc) is 2.67. The number of carbonyl (C=O) groups is 1. The highest BCUT2D eigenvalue weighted by atomic mass is 19.4. The Morgan fingerprint density at radius 3 is 2.61 bits per heavy atom. The number of hydrogen-bond acceptors (Lipinski definition) is 5. The minimum atomic E-state index is -4.28. The van der Waals surface area contributed by atoms with Crippen molar-refractivity contribution in [2.45, 2.75) is 37.9 Å². The van der Waals surface area contributed by atoms with Gasteiger partial charge < -0.3 is 15.0 Å². The second-order valence-corrected chi connectivity index (χ2v) is 7.13. The summed E-state index contributed by atoms with van der Waals surface area (Å²) in [7, 11) is 0. The van der Waals surface area contributed by atoms with E-state index in [9.17, 15) is 28.1 Å². The summed E-state index contributed by atoms with van der Waals surface area (Å²) in [6.45, 7) is 1.98. The molecule has 154 valence electrons. The van der Waals surface area contributed by atoms with E-state index in [0.717, 1.165) is 0 Å². The number of nitro benzene ring substituents is 1. The van der Waals surface area contributed by atoms with Gasteiger partial charge >= 0.3 is 6.18 Å². The first-order chi connectivity index (χ1) is 13.3. The first kappa shape index (κ1) is 20.4. The number of hydrogen-bond donors (Lipinski definition) is 1. The highest BCUT2D eigenvalue weighted by molar-refractivity contribution is 6.00. The Morgan fingerprint density at radius 1 is 1.25 bits per heavy atom. The molecule has 1 saturated heterocycles. The van der Waals surface area contributed by atoms with Crippen LogP contribution in [-0.4, -0.2) is 49.4 Å². The average molecular weight is 401 g/mol. The van der Waals surface area contributed by atoms with Gasteiger partial charge in [0.2, 0.25) is 0 Å². The van der Waals surface area contributed by atoms with E-state index in [4.69, 9.17) is 4.74 Å². The maximum Gasteiger partial charge on any atom is 0.391 e. The monoisotopic (exact) mass is 401 g/mol. The molecule has 1 amide bonds. The number of amides is 1. The zero-order chi connectivity index (χ0) is 20.3. The Hall–Kier alpha value is -2.36. The number of halogens is 3. The van der Waals surface area contributed by atoms with Gasteiger partial charge in [0.1, 0.15) is 0 Å². The van der Waals surface area contributed by atoms with Crippen LogP contribution in [0.15, 0.2) is 18.2 Å². The van der Waals surface area contributed by atoms with Crippen molar-refractivity contribution >= 4 is 17.3 Å². The van der Waals surface area contributed by atoms with Crippen LogP contribution >= 0.6 is 0 Å². The number of benzene rings is 1. The summed E-state index contributed by atoms with van der Waals surface area (Å²) in [5.74, 6) is -2.02. The van der Waals surface area contributed by atoms with Crippen molar-refractivity contribution in [2.75, 3.05) is 31.2 Å². The van der Waals surface area contributed by atoms with E-state index in [1.54, 1.807) is 0 Å². The number of alkyl halides is 3. The van der Waals surface area contributed by atoms with Crippen molar-refractivity contribution in [1.29, 1.82) is 0 Å². The van der Waals surface area contributed by atoms with Gasteiger partial charge in [-0.1, -0.05) is 6.42 Å². The maximum absolute atomic E-state index is 13.0. The molecule has 0 radical (unpaired) electrons. The first-order valence-electron chi connectivity index (χ1n) is 9.24. The van der Waals surface area contributed by atoms with Crippen molar-refractivity contribution in [3.8, 4) is 0 Å². The molecule has 2 fully saturated rings. The van der Waals surface area contributed by atoms with Crippen molar-refractivity contribution in [3.63, 3.8) is 0 Å². The quantitative estimate of drug-likeness (QED) is 0.618. The van der Waals surface area contributed by atoms with Crippen LogP contribution in [-0.2, 0) is 4.74 Å². The summed E-state index contributed by atoms with van der Waals surface area (Å²) in [5, 5.41) is 13.8. The third kappa shape index (κ3) is 4.73. The van der Waals surface area contributed by atoms with Gasteiger partial charge in [0.15, 0.2) is 0 Å². The van der Waals surface area contributed by atoms with E-state index in [2.05, 4.69) is 5.32 Å². The zero-order valence-electron chi connectivity index (χ0n) is 15.2. The lowest BCUT2D eigenvalue weighted by Crippen LogP contribution is -2.42. The van der Waals surface area contributed by atoms with Gasteiger partial charge in [-0.2, -0.15) is 13.2 Å².